The predicted molar refractivity (Wildman–Crippen MR) is 134 cm³/mol. The number of thiocarbonyl (C=S) groups is 1. The summed E-state index contributed by atoms with van der Waals surface area (Å²) in [7, 11) is 1.68. The van der Waals surface area contributed by atoms with Crippen LogP contribution in [0.3, 0.4) is 0 Å². The van der Waals surface area contributed by atoms with E-state index in [4.69, 9.17) is 40.4 Å². The van der Waals surface area contributed by atoms with E-state index >= 15 is 0 Å². The summed E-state index contributed by atoms with van der Waals surface area (Å²) < 4.78 is 0. The standard InChI is InChI=1S/C23H23Cl2N5OS/c1-3-4-12-30(13-11-26)23(32)28-21-22(31)29(2)19-10-9-15(24)14-17(19)20(27-21)16-7-5-6-8-18(16)25/h5-10,14,21H,3-4,12-13H2,1-2H3,(H,28,32). The molecule has 0 bridgehead atoms. The minimum absolute atomic E-state index is 0.125. The number of carbonyl (C=O) groups excluding carboxylic acids is 1. The highest BCUT2D eigenvalue weighted by molar-refractivity contribution is 7.80. The summed E-state index contributed by atoms with van der Waals surface area (Å²) in [5.41, 5.74) is 2.56. The van der Waals surface area contributed by atoms with Crippen LogP contribution in [0, 0.1) is 11.3 Å². The van der Waals surface area contributed by atoms with Crippen molar-refractivity contribution in [1.82, 2.24) is 10.2 Å². The zero-order valence-electron chi connectivity index (χ0n) is 17.8. The maximum Gasteiger partial charge on any atom is 0.272 e. The highest BCUT2D eigenvalue weighted by Crippen LogP contribution is 2.31. The normalized spacial score (nSPS) is 15.3. The van der Waals surface area contributed by atoms with Crippen LogP contribution in [0.15, 0.2) is 47.5 Å². The van der Waals surface area contributed by atoms with Crippen molar-refractivity contribution in [3.63, 3.8) is 0 Å². The molecule has 0 aliphatic carbocycles. The van der Waals surface area contributed by atoms with Crippen LogP contribution >= 0.6 is 35.4 Å². The molecule has 0 aromatic heterocycles. The van der Waals surface area contributed by atoms with Crippen LogP contribution in [0.25, 0.3) is 0 Å². The van der Waals surface area contributed by atoms with Crippen LogP contribution in [0.4, 0.5) is 5.69 Å². The van der Waals surface area contributed by atoms with Crippen molar-refractivity contribution in [2.75, 3.05) is 25.0 Å². The number of benzodiazepines with no additional fused rings is 1. The Morgan fingerprint density at radius 1 is 1.28 bits per heavy atom. The first-order chi connectivity index (χ1) is 15.4. The van der Waals surface area contributed by atoms with Gasteiger partial charge in [0.2, 0.25) is 6.17 Å². The number of fused-ring (bicyclic) bond motifs is 1. The first-order valence-corrected chi connectivity index (χ1v) is 11.4. The molecule has 0 spiro atoms. The third-order valence-electron chi connectivity index (χ3n) is 5.12. The van der Waals surface area contributed by atoms with Crippen molar-refractivity contribution in [3.8, 4) is 6.07 Å². The van der Waals surface area contributed by atoms with Gasteiger partial charge in [-0.2, -0.15) is 5.26 Å². The van der Waals surface area contributed by atoms with Gasteiger partial charge in [0.05, 0.1) is 17.5 Å². The molecular weight excluding hydrogens is 465 g/mol. The second-order valence-electron chi connectivity index (χ2n) is 7.30. The molecule has 1 amide bonds. The number of unbranched alkanes of at least 4 members (excludes halogenated alkanes) is 1. The van der Waals surface area contributed by atoms with Gasteiger partial charge in [0, 0.05) is 34.8 Å². The number of nitriles is 1. The number of benzene rings is 2. The molecule has 9 heteroatoms. The second-order valence-corrected chi connectivity index (χ2v) is 8.53. The van der Waals surface area contributed by atoms with E-state index in [-0.39, 0.29) is 12.5 Å². The van der Waals surface area contributed by atoms with Crippen molar-refractivity contribution < 1.29 is 4.79 Å². The Balaban J connectivity index is 2.07. The van der Waals surface area contributed by atoms with E-state index in [1.165, 1.54) is 4.90 Å². The van der Waals surface area contributed by atoms with Crippen LogP contribution in [0.2, 0.25) is 10.0 Å². The SMILES string of the molecule is CCCCN(CC#N)C(=S)NC1N=C(c2ccccc2Cl)c2cc(Cl)ccc2N(C)C1=O. The first-order valence-electron chi connectivity index (χ1n) is 10.2. The van der Waals surface area contributed by atoms with E-state index in [0.717, 1.165) is 12.8 Å². The number of hydrogen-bond acceptors (Lipinski definition) is 4. The molecule has 32 heavy (non-hydrogen) atoms. The zero-order chi connectivity index (χ0) is 23.3. The lowest BCUT2D eigenvalue weighted by atomic mass is 10.00. The molecule has 166 valence electrons. The van der Waals surface area contributed by atoms with Gasteiger partial charge in [-0.25, -0.2) is 4.99 Å². The number of nitrogens with zero attached hydrogens (tertiary/aromatic N) is 4. The van der Waals surface area contributed by atoms with Gasteiger partial charge in [0.15, 0.2) is 5.11 Å². The monoisotopic (exact) mass is 487 g/mol. The third kappa shape index (κ3) is 5.21. The summed E-state index contributed by atoms with van der Waals surface area (Å²) in [6.07, 6.45) is 0.841. The molecule has 1 aliphatic rings. The topological polar surface area (TPSA) is 71.7 Å². The van der Waals surface area contributed by atoms with Gasteiger partial charge < -0.3 is 15.1 Å². The number of carbonyl (C=O) groups is 1. The number of aliphatic imine (C=N–C) groups is 1. The molecule has 1 unspecified atom stereocenters. The molecule has 1 N–H and O–H groups in total. The second kappa shape index (κ2) is 10.8. The maximum atomic E-state index is 13.3. The van der Waals surface area contributed by atoms with Gasteiger partial charge in [0.1, 0.15) is 6.54 Å². The van der Waals surface area contributed by atoms with Gasteiger partial charge in [-0.1, -0.05) is 54.7 Å². The number of amides is 1. The van der Waals surface area contributed by atoms with Gasteiger partial charge in [-0.3, -0.25) is 4.79 Å². The molecule has 6 nitrogen and oxygen atoms in total. The molecule has 1 aliphatic heterocycles. The van der Waals surface area contributed by atoms with Crippen molar-refractivity contribution in [3.05, 3.63) is 63.6 Å². The smallest absolute Gasteiger partial charge is 0.272 e. The van der Waals surface area contributed by atoms with Crippen LogP contribution in [0.5, 0.6) is 0 Å². The van der Waals surface area contributed by atoms with E-state index in [9.17, 15) is 10.1 Å². The minimum Gasteiger partial charge on any atom is -0.336 e. The number of hydrogen-bond donors (Lipinski definition) is 1. The number of halogens is 2. The Bertz CT molecular complexity index is 1100. The van der Waals surface area contributed by atoms with Gasteiger partial charge in [0.25, 0.3) is 5.91 Å². The molecule has 1 atom stereocenters. The average Bonchev–Trinajstić information content (AvgIpc) is 2.87. The lowest BCUT2D eigenvalue weighted by Gasteiger charge is -2.26. The van der Waals surface area contributed by atoms with Crippen molar-refractivity contribution in [2.45, 2.75) is 25.9 Å². The Morgan fingerprint density at radius 2 is 2.03 bits per heavy atom. The lowest BCUT2D eigenvalue weighted by Crippen LogP contribution is -2.50. The predicted octanol–water partition coefficient (Wildman–Crippen LogP) is 4.63. The largest absolute Gasteiger partial charge is 0.336 e. The Kier molecular flexibility index (Phi) is 8.08. The number of anilines is 1. The zero-order valence-corrected chi connectivity index (χ0v) is 20.1. The fraction of sp³-hybridized carbons (Fsp3) is 0.304. The molecule has 1 heterocycles. The first kappa shape index (κ1) is 24.0. The number of nitrogens with one attached hydrogen (secondary N) is 1. The van der Waals surface area contributed by atoms with E-state index in [1.54, 1.807) is 36.2 Å². The van der Waals surface area contributed by atoms with Gasteiger partial charge in [-0.15, -0.1) is 0 Å². The molecule has 2 aromatic carbocycles. The van der Waals surface area contributed by atoms with E-state index < -0.39 is 6.17 Å². The summed E-state index contributed by atoms with van der Waals surface area (Å²) in [4.78, 5) is 21.4. The molecule has 0 fully saturated rings. The Hall–Kier alpha value is -2.66. The van der Waals surface area contributed by atoms with Crippen molar-refractivity contribution in [2.24, 2.45) is 4.99 Å². The lowest BCUT2D eigenvalue weighted by molar-refractivity contribution is -0.119. The van der Waals surface area contributed by atoms with E-state index in [1.807, 2.05) is 18.2 Å². The summed E-state index contributed by atoms with van der Waals surface area (Å²) >= 11 is 18.3. The highest BCUT2D eigenvalue weighted by Gasteiger charge is 2.31. The molecule has 2 aromatic rings. The minimum atomic E-state index is -0.993. The number of rotatable bonds is 6. The molecular formula is C23H23Cl2N5OS. The average molecular weight is 488 g/mol. The summed E-state index contributed by atoms with van der Waals surface area (Å²) in [6, 6.07) is 14.7. The highest BCUT2D eigenvalue weighted by atomic mass is 35.5. The summed E-state index contributed by atoms with van der Waals surface area (Å²) in [5, 5.41) is 13.6. The van der Waals surface area contributed by atoms with Crippen LogP contribution < -0.4 is 10.2 Å². The van der Waals surface area contributed by atoms with Crippen LogP contribution in [-0.2, 0) is 4.79 Å². The Labute approximate surface area is 203 Å². The molecule has 0 saturated carbocycles. The van der Waals surface area contributed by atoms with E-state index in [2.05, 4.69) is 18.3 Å². The van der Waals surface area contributed by atoms with Crippen LogP contribution in [-0.4, -0.2) is 47.9 Å². The summed E-state index contributed by atoms with van der Waals surface area (Å²) in [6.45, 7) is 2.80. The Morgan fingerprint density at radius 3 is 2.72 bits per heavy atom. The number of likely N-dealkylation sites (N-methyl/N-ethyl adjacent to an activating group) is 1. The van der Waals surface area contributed by atoms with Crippen molar-refractivity contribution >= 4 is 57.8 Å². The fourth-order valence-corrected chi connectivity index (χ4v) is 4.07. The van der Waals surface area contributed by atoms with E-state index in [0.29, 0.717) is 44.2 Å². The van der Waals surface area contributed by atoms with Gasteiger partial charge in [-0.05, 0) is 42.9 Å². The molecule has 3 rings (SSSR count). The summed E-state index contributed by atoms with van der Waals surface area (Å²) in [5.74, 6) is -0.287. The fourth-order valence-electron chi connectivity index (χ4n) is 3.40. The third-order valence-corrected chi connectivity index (χ3v) is 6.06. The molecule has 0 radical (unpaired) electrons. The quantitative estimate of drug-likeness (QED) is 0.474. The maximum absolute atomic E-state index is 13.3. The van der Waals surface area contributed by atoms with Crippen molar-refractivity contribution in [1.29, 1.82) is 5.26 Å². The molecule has 0 saturated heterocycles. The van der Waals surface area contributed by atoms with Crippen LogP contribution in [0.1, 0.15) is 30.9 Å². The van der Waals surface area contributed by atoms with Gasteiger partial charge >= 0.3 is 0 Å².